The van der Waals surface area contributed by atoms with E-state index in [4.69, 9.17) is 4.74 Å². The highest BCUT2D eigenvalue weighted by atomic mass is 16.5. The first-order chi connectivity index (χ1) is 9.70. The maximum absolute atomic E-state index is 5.88. The predicted octanol–water partition coefficient (Wildman–Crippen LogP) is 4.32. The summed E-state index contributed by atoms with van der Waals surface area (Å²) in [6, 6.07) is 11.9. The van der Waals surface area contributed by atoms with Crippen molar-refractivity contribution in [3.8, 4) is 0 Å². The van der Waals surface area contributed by atoms with Gasteiger partial charge in [-0.3, -0.25) is 0 Å². The number of rotatable bonds is 6. The van der Waals surface area contributed by atoms with Gasteiger partial charge in [0.25, 0.3) is 0 Å². The van der Waals surface area contributed by atoms with Gasteiger partial charge >= 0.3 is 0 Å². The SMILES string of the molecule is CCCC(NC1CCOC(C(C)C)C1)c1ccccc1. The van der Waals surface area contributed by atoms with Gasteiger partial charge in [-0.15, -0.1) is 0 Å². The molecule has 1 aliphatic heterocycles. The fourth-order valence-corrected chi connectivity index (χ4v) is 3.05. The molecule has 0 aromatic heterocycles. The lowest BCUT2D eigenvalue weighted by molar-refractivity contribution is -0.0261. The third-order valence-corrected chi connectivity index (χ3v) is 4.27. The molecule has 1 aromatic rings. The van der Waals surface area contributed by atoms with Crippen LogP contribution in [0.5, 0.6) is 0 Å². The molecule has 2 rings (SSSR count). The van der Waals surface area contributed by atoms with Gasteiger partial charge in [0.05, 0.1) is 6.10 Å². The molecular formula is C18H29NO. The molecule has 0 saturated carbocycles. The molecule has 112 valence electrons. The van der Waals surface area contributed by atoms with Crippen LogP contribution in [-0.4, -0.2) is 18.8 Å². The monoisotopic (exact) mass is 275 g/mol. The lowest BCUT2D eigenvalue weighted by Crippen LogP contribution is -2.42. The number of hydrogen-bond donors (Lipinski definition) is 1. The van der Waals surface area contributed by atoms with Crippen LogP contribution in [0.2, 0.25) is 0 Å². The third kappa shape index (κ3) is 4.32. The Hall–Kier alpha value is -0.860. The van der Waals surface area contributed by atoms with E-state index in [9.17, 15) is 0 Å². The molecule has 1 aliphatic rings. The van der Waals surface area contributed by atoms with Crippen LogP contribution < -0.4 is 5.32 Å². The van der Waals surface area contributed by atoms with E-state index in [1.54, 1.807) is 0 Å². The zero-order chi connectivity index (χ0) is 14.4. The molecule has 1 fully saturated rings. The summed E-state index contributed by atoms with van der Waals surface area (Å²) in [5, 5.41) is 3.88. The molecule has 0 aliphatic carbocycles. The molecule has 1 saturated heterocycles. The van der Waals surface area contributed by atoms with Crippen LogP contribution in [0.4, 0.5) is 0 Å². The zero-order valence-electron chi connectivity index (χ0n) is 13.1. The topological polar surface area (TPSA) is 21.3 Å². The first-order valence-electron chi connectivity index (χ1n) is 8.13. The van der Waals surface area contributed by atoms with Gasteiger partial charge in [-0.1, -0.05) is 57.5 Å². The van der Waals surface area contributed by atoms with Crippen LogP contribution in [0.15, 0.2) is 30.3 Å². The van der Waals surface area contributed by atoms with Gasteiger partial charge in [-0.2, -0.15) is 0 Å². The van der Waals surface area contributed by atoms with Crippen LogP contribution >= 0.6 is 0 Å². The van der Waals surface area contributed by atoms with Crippen molar-refractivity contribution in [3.05, 3.63) is 35.9 Å². The predicted molar refractivity (Wildman–Crippen MR) is 84.8 cm³/mol. The standard InChI is InChI=1S/C18H29NO/c1-4-8-17(15-9-6-5-7-10-15)19-16-11-12-20-18(13-16)14(2)3/h5-7,9-10,14,16-19H,4,8,11-13H2,1-3H3. The molecule has 3 atom stereocenters. The fourth-order valence-electron chi connectivity index (χ4n) is 3.05. The summed E-state index contributed by atoms with van der Waals surface area (Å²) in [6.45, 7) is 7.67. The van der Waals surface area contributed by atoms with E-state index in [0.29, 0.717) is 24.1 Å². The highest BCUT2D eigenvalue weighted by Crippen LogP contribution is 2.25. The van der Waals surface area contributed by atoms with Crippen LogP contribution in [0, 0.1) is 5.92 Å². The van der Waals surface area contributed by atoms with E-state index >= 15 is 0 Å². The average Bonchev–Trinajstić information content (AvgIpc) is 2.48. The van der Waals surface area contributed by atoms with Gasteiger partial charge in [0.15, 0.2) is 0 Å². The van der Waals surface area contributed by atoms with Crippen molar-refractivity contribution in [2.45, 2.75) is 64.6 Å². The summed E-state index contributed by atoms with van der Waals surface area (Å²) in [6.07, 6.45) is 5.11. The number of benzene rings is 1. The lowest BCUT2D eigenvalue weighted by Gasteiger charge is -2.35. The Morgan fingerprint density at radius 3 is 2.65 bits per heavy atom. The van der Waals surface area contributed by atoms with Crippen molar-refractivity contribution >= 4 is 0 Å². The Morgan fingerprint density at radius 1 is 1.25 bits per heavy atom. The molecule has 1 aromatic carbocycles. The summed E-state index contributed by atoms with van der Waals surface area (Å²) in [4.78, 5) is 0. The highest BCUT2D eigenvalue weighted by molar-refractivity contribution is 5.19. The summed E-state index contributed by atoms with van der Waals surface area (Å²) in [5.41, 5.74) is 1.42. The Kier molecular flexibility index (Phi) is 6.06. The minimum atomic E-state index is 0.416. The minimum Gasteiger partial charge on any atom is -0.378 e. The maximum atomic E-state index is 5.88. The number of ether oxygens (including phenoxy) is 1. The van der Waals surface area contributed by atoms with E-state index in [1.165, 1.54) is 18.4 Å². The van der Waals surface area contributed by atoms with Crippen LogP contribution in [-0.2, 0) is 4.74 Å². The summed E-state index contributed by atoms with van der Waals surface area (Å²) < 4.78 is 5.88. The maximum Gasteiger partial charge on any atom is 0.0612 e. The van der Waals surface area contributed by atoms with Crippen molar-refractivity contribution in [2.24, 2.45) is 5.92 Å². The van der Waals surface area contributed by atoms with Crippen molar-refractivity contribution < 1.29 is 4.74 Å². The van der Waals surface area contributed by atoms with E-state index in [1.807, 2.05) is 0 Å². The molecule has 0 bridgehead atoms. The molecular weight excluding hydrogens is 246 g/mol. The smallest absolute Gasteiger partial charge is 0.0612 e. The van der Waals surface area contributed by atoms with Crippen molar-refractivity contribution in [1.29, 1.82) is 0 Å². The second-order valence-corrected chi connectivity index (χ2v) is 6.29. The quantitative estimate of drug-likeness (QED) is 0.834. The summed E-state index contributed by atoms with van der Waals surface area (Å²) in [7, 11) is 0. The second-order valence-electron chi connectivity index (χ2n) is 6.29. The third-order valence-electron chi connectivity index (χ3n) is 4.27. The van der Waals surface area contributed by atoms with Crippen molar-refractivity contribution in [1.82, 2.24) is 5.32 Å². The van der Waals surface area contributed by atoms with E-state index in [2.05, 4.69) is 56.4 Å². The lowest BCUT2D eigenvalue weighted by atomic mass is 9.93. The minimum absolute atomic E-state index is 0.416. The fraction of sp³-hybridized carbons (Fsp3) is 0.667. The zero-order valence-corrected chi connectivity index (χ0v) is 13.1. The van der Waals surface area contributed by atoms with E-state index in [0.717, 1.165) is 19.4 Å². The van der Waals surface area contributed by atoms with Crippen LogP contribution in [0.25, 0.3) is 0 Å². The van der Waals surface area contributed by atoms with Crippen LogP contribution in [0.3, 0.4) is 0 Å². The number of nitrogens with one attached hydrogen (secondary N) is 1. The van der Waals surface area contributed by atoms with Crippen molar-refractivity contribution in [3.63, 3.8) is 0 Å². The van der Waals surface area contributed by atoms with Crippen molar-refractivity contribution in [2.75, 3.05) is 6.61 Å². The second kappa shape index (κ2) is 7.80. The first kappa shape index (κ1) is 15.5. The normalized spacial score (nSPS) is 24.8. The van der Waals surface area contributed by atoms with Gasteiger partial charge in [-0.25, -0.2) is 0 Å². The van der Waals surface area contributed by atoms with Gasteiger partial charge in [0.1, 0.15) is 0 Å². The van der Waals surface area contributed by atoms with Gasteiger partial charge < -0.3 is 10.1 Å². The Balaban J connectivity index is 1.97. The van der Waals surface area contributed by atoms with E-state index < -0.39 is 0 Å². The summed E-state index contributed by atoms with van der Waals surface area (Å²) in [5.74, 6) is 0.612. The largest absolute Gasteiger partial charge is 0.378 e. The molecule has 20 heavy (non-hydrogen) atoms. The van der Waals surface area contributed by atoms with Gasteiger partial charge in [0.2, 0.25) is 0 Å². The number of hydrogen-bond acceptors (Lipinski definition) is 2. The Bertz CT molecular complexity index is 376. The highest BCUT2D eigenvalue weighted by Gasteiger charge is 2.26. The summed E-state index contributed by atoms with van der Waals surface area (Å²) >= 11 is 0. The molecule has 0 amide bonds. The average molecular weight is 275 g/mol. The molecule has 0 radical (unpaired) electrons. The first-order valence-corrected chi connectivity index (χ1v) is 8.13. The Labute approximate surface area is 123 Å². The van der Waals surface area contributed by atoms with Crippen LogP contribution in [0.1, 0.15) is 58.1 Å². The molecule has 1 heterocycles. The van der Waals surface area contributed by atoms with E-state index in [-0.39, 0.29) is 0 Å². The molecule has 3 unspecified atom stereocenters. The van der Waals surface area contributed by atoms with Gasteiger partial charge in [-0.05, 0) is 30.7 Å². The molecule has 2 heteroatoms. The Morgan fingerprint density at radius 2 is 2.00 bits per heavy atom. The molecule has 0 spiro atoms. The van der Waals surface area contributed by atoms with Gasteiger partial charge in [0, 0.05) is 18.7 Å². The molecule has 2 nitrogen and oxygen atoms in total. The molecule has 1 N–H and O–H groups in total.